The van der Waals surface area contributed by atoms with Gasteiger partial charge in [-0.05, 0) is 55.3 Å². The zero-order chi connectivity index (χ0) is 28.2. The molecule has 9 heteroatoms. The van der Waals surface area contributed by atoms with Gasteiger partial charge in [-0.15, -0.1) is 6.58 Å². The summed E-state index contributed by atoms with van der Waals surface area (Å²) in [5.74, 6) is 1.54. The molecule has 4 aromatic rings. The van der Waals surface area contributed by atoms with Crippen LogP contribution < -0.4 is 24.4 Å². The zero-order valence-corrected chi connectivity index (χ0v) is 22.4. The van der Waals surface area contributed by atoms with Gasteiger partial charge in [0.15, 0.2) is 11.5 Å². The summed E-state index contributed by atoms with van der Waals surface area (Å²) in [7, 11) is 3.13. The summed E-state index contributed by atoms with van der Waals surface area (Å²) in [5.41, 5.74) is 2.19. The van der Waals surface area contributed by atoms with Crippen LogP contribution in [0.15, 0.2) is 96.9 Å². The van der Waals surface area contributed by atoms with E-state index < -0.39 is 5.91 Å². The van der Waals surface area contributed by atoms with Gasteiger partial charge in [-0.25, -0.2) is 4.98 Å². The van der Waals surface area contributed by atoms with Crippen molar-refractivity contribution in [2.75, 3.05) is 24.4 Å². The Hall–Kier alpha value is -5.18. The van der Waals surface area contributed by atoms with Gasteiger partial charge in [0.05, 0.1) is 32.0 Å². The van der Waals surface area contributed by atoms with E-state index in [9.17, 15) is 9.59 Å². The van der Waals surface area contributed by atoms with Crippen molar-refractivity contribution in [2.45, 2.75) is 19.4 Å². The summed E-state index contributed by atoms with van der Waals surface area (Å²) in [6.45, 7) is 5.63. The second-order valence-electron chi connectivity index (χ2n) is 9.08. The third-order valence-corrected chi connectivity index (χ3v) is 6.70. The quantitative estimate of drug-likeness (QED) is 0.217. The molecule has 2 aromatic carbocycles. The molecule has 9 nitrogen and oxygen atoms in total. The van der Waals surface area contributed by atoms with Crippen LogP contribution in [-0.2, 0) is 9.59 Å². The number of methoxy groups -OCH3 is 2. The van der Waals surface area contributed by atoms with E-state index >= 15 is 0 Å². The number of hydrogen-bond donors (Lipinski definition) is 1. The number of nitrogens with zero attached hydrogens (tertiary/aromatic N) is 3. The summed E-state index contributed by atoms with van der Waals surface area (Å²) < 4.78 is 16.8. The highest BCUT2D eigenvalue weighted by Crippen LogP contribution is 2.37. The largest absolute Gasteiger partial charge is 0.493 e. The molecule has 0 spiro atoms. The molecule has 1 unspecified atom stereocenters. The molecule has 40 heavy (non-hydrogen) atoms. The van der Waals surface area contributed by atoms with E-state index in [1.807, 2.05) is 30.3 Å². The Kier molecular flexibility index (Phi) is 7.46. The number of carbonyl (C=O) groups excluding carboxylic acids is 2. The van der Waals surface area contributed by atoms with Gasteiger partial charge in [0.2, 0.25) is 0 Å². The minimum atomic E-state index is -0.516. The van der Waals surface area contributed by atoms with Crippen LogP contribution in [0.5, 0.6) is 23.0 Å². The van der Waals surface area contributed by atoms with Crippen molar-refractivity contribution in [3.63, 3.8) is 0 Å². The van der Waals surface area contributed by atoms with Gasteiger partial charge in [0, 0.05) is 23.3 Å². The molecule has 1 aliphatic heterocycles. The normalized spacial score (nSPS) is 14.8. The fourth-order valence-electron chi connectivity index (χ4n) is 4.75. The Morgan fingerprint density at radius 1 is 1.02 bits per heavy atom. The van der Waals surface area contributed by atoms with Crippen molar-refractivity contribution in [3.05, 3.63) is 96.9 Å². The average Bonchev–Trinajstić information content (AvgIpc) is 3.22. The van der Waals surface area contributed by atoms with E-state index in [4.69, 9.17) is 14.2 Å². The molecule has 2 amide bonds. The highest BCUT2D eigenvalue weighted by molar-refractivity contribution is 6.29. The predicted octanol–water partition coefficient (Wildman–Crippen LogP) is 5.69. The van der Waals surface area contributed by atoms with Gasteiger partial charge in [-0.3, -0.25) is 14.6 Å². The Labute approximate surface area is 231 Å². The van der Waals surface area contributed by atoms with E-state index in [1.54, 1.807) is 68.6 Å². The van der Waals surface area contributed by atoms with Crippen LogP contribution in [0, 0.1) is 0 Å². The monoisotopic (exact) mass is 536 g/mol. The van der Waals surface area contributed by atoms with Gasteiger partial charge in [-0.1, -0.05) is 24.3 Å². The maximum Gasteiger partial charge on any atom is 0.264 e. The first-order chi connectivity index (χ1) is 19.4. The van der Waals surface area contributed by atoms with Crippen LogP contribution in [0.1, 0.15) is 13.3 Å². The van der Waals surface area contributed by atoms with Gasteiger partial charge in [0.25, 0.3) is 11.8 Å². The first kappa shape index (κ1) is 26.4. The number of benzene rings is 2. The number of pyridine rings is 2. The van der Waals surface area contributed by atoms with E-state index in [2.05, 4.69) is 21.9 Å². The number of nitrogens with one attached hydrogen (secondary N) is 1. The minimum Gasteiger partial charge on any atom is -0.493 e. The molecule has 1 N–H and O–H groups in total. The van der Waals surface area contributed by atoms with Crippen molar-refractivity contribution >= 4 is 34.2 Å². The van der Waals surface area contributed by atoms with Crippen molar-refractivity contribution in [3.8, 4) is 23.0 Å². The lowest BCUT2D eigenvalue weighted by molar-refractivity contribution is -0.119. The van der Waals surface area contributed by atoms with E-state index in [0.29, 0.717) is 40.5 Å². The number of anilines is 2. The van der Waals surface area contributed by atoms with E-state index in [1.165, 1.54) is 6.20 Å². The Balaban J connectivity index is 1.34. The Morgan fingerprint density at radius 2 is 1.77 bits per heavy atom. The average molecular weight is 537 g/mol. The summed E-state index contributed by atoms with van der Waals surface area (Å²) in [6.07, 6.45) is 5.41. The molecule has 0 saturated heterocycles. The molecule has 1 atom stereocenters. The molecule has 3 heterocycles. The SMILES string of the molecule is C=CCC1C(C)=C(C(=O)Nc2ccc(Oc3ccnc4cc(OC)c(OC)cc34)cn2)C(=O)N1c1ccccc1. The first-order valence-corrected chi connectivity index (χ1v) is 12.6. The van der Waals surface area contributed by atoms with Crippen LogP contribution in [0.25, 0.3) is 10.9 Å². The van der Waals surface area contributed by atoms with Crippen LogP contribution >= 0.6 is 0 Å². The maximum absolute atomic E-state index is 13.4. The number of rotatable bonds is 9. The number of aromatic nitrogens is 2. The molecule has 2 aromatic heterocycles. The fraction of sp³-hybridized carbons (Fsp3) is 0.161. The van der Waals surface area contributed by atoms with Gasteiger partial charge in [0.1, 0.15) is 22.9 Å². The fourth-order valence-corrected chi connectivity index (χ4v) is 4.75. The molecular weight excluding hydrogens is 508 g/mol. The van der Waals surface area contributed by atoms with Crippen molar-refractivity contribution in [1.29, 1.82) is 0 Å². The molecule has 5 rings (SSSR count). The van der Waals surface area contributed by atoms with Gasteiger partial charge < -0.3 is 24.4 Å². The predicted molar refractivity (Wildman–Crippen MR) is 153 cm³/mol. The Morgan fingerprint density at radius 3 is 2.45 bits per heavy atom. The molecule has 0 radical (unpaired) electrons. The number of carbonyl (C=O) groups is 2. The third-order valence-electron chi connectivity index (χ3n) is 6.70. The lowest BCUT2D eigenvalue weighted by Gasteiger charge is -2.25. The number of ether oxygens (including phenoxy) is 3. The summed E-state index contributed by atoms with van der Waals surface area (Å²) in [5, 5.41) is 3.48. The molecular formula is C31H28N4O5. The molecule has 0 saturated carbocycles. The van der Waals surface area contributed by atoms with Gasteiger partial charge >= 0.3 is 0 Å². The van der Waals surface area contributed by atoms with Crippen LogP contribution in [0.3, 0.4) is 0 Å². The van der Waals surface area contributed by atoms with E-state index in [0.717, 1.165) is 11.1 Å². The van der Waals surface area contributed by atoms with Crippen molar-refractivity contribution < 1.29 is 23.8 Å². The topological polar surface area (TPSA) is 103 Å². The highest BCUT2D eigenvalue weighted by Gasteiger charge is 2.40. The number of fused-ring (bicyclic) bond motifs is 1. The Bertz CT molecular complexity index is 1620. The lowest BCUT2D eigenvalue weighted by Crippen LogP contribution is -2.36. The summed E-state index contributed by atoms with van der Waals surface area (Å²) >= 11 is 0. The second kappa shape index (κ2) is 11.3. The van der Waals surface area contributed by atoms with Crippen molar-refractivity contribution in [2.24, 2.45) is 0 Å². The molecule has 1 aliphatic rings. The number of hydrogen-bond acceptors (Lipinski definition) is 7. The number of amides is 2. The van der Waals surface area contributed by atoms with Crippen LogP contribution in [0.4, 0.5) is 11.5 Å². The smallest absolute Gasteiger partial charge is 0.264 e. The van der Waals surface area contributed by atoms with Crippen LogP contribution in [0.2, 0.25) is 0 Å². The second-order valence-corrected chi connectivity index (χ2v) is 9.08. The van der Waals surface area contributed by atoms with Crippen molar-refractivity contribution in [1.82, 2.24) is 9.97 Å². The van der Waals surface area contributed by atoms with Crippen LogP contribution in [-0.4, -0.2) is 42.0 Å². The highest BCUT2D eigenvalue weighted by atomic mass is 16.5. The minimum absolute atomic E-state index is 0.102. The zero-order valence-electron chi connectivity index (χ0n) is 22.4. The summed E-state index contributed by atoms with van der Waals surface area (Å²) in [4.78, 5) is 37.0. The maximum atomic E-state index is 13.4. The number of para-hydroxylation sites is 1. The van der Waals surface area contributed by atoms with Gasteiger partial charge in [-0.2, -0.15) is 0 Å². The lowest BCUT2D eigenvalue weighted by atomic mass is 10.0. The first-order valence-electron chi connectivity index (χ1n) is 12.6. The molecule has 0 aliphatic carbocycles. The molecule has 202 valence electrons. The standard InChI is InChI=1S/C31H28N4O5/c1-5-9-24-19(2)29(31(37)35(24)20-10-7-6-8-11-20)30(36)34-28-13-12-21(18-33-28)40-25-14-15-32-23-17-27(39-4)26(38-3)16-22(23)25/h5-8,10-18,24H,1,9H2,2-4H3,(H,33,34,36). The van der Waals surface area contributed by atoms with E-state index in [-0.39, 0.29) is 23.3 Å². The third kappa shape index (κ3) is 4.96. The molecule has 0 fully saturated rings. The molecule has 0 bridgehead atoms. The summed E-state index contributed by atoms with van der Waals surface area (Å²) in [6, 6.07) is 17.6.